The molecule has 0 spiro atoms. The lowest BCUT2D eigenvalue weighted by atomic mass is 9.82. The number of carbonyl (C=O) groups is 1. The zero-order chi connectivity index (χ0) is 15.3. The van der Waals surface area contributed by atoms with E-state index in [1.807, 2.05) is 34.6 Å². The van der Waals surface area contributed by atoms with Crippen LogP contribution in [0.3, 0.4) is 0 Å². The number of rotatable bonds is 7. The van der Waals surface area contributed by atoms with Gasteiger partial charge in [-0.1, -0.05) is 32.4 Å². The van der Waals surface area contributed by atoms with Gasteiger partial charge in [0.2, 0.25) is 0 Å². The van der Waals surface area contributed by atoms with Crippen LogP contribution in [0.25, 0.3) is 0 Å². The summed E-state index contributed by atoms with van der Waals surface area (Å²) >= 11 is 6.24. The minimum absolute atomic E-state index is 0.0222. The number of ketones is 1. The van der Waals surface area contributed by atoms with E-state index < -0.39 is 5.41 Å². The summed E-state index contributed by atoms with van der Waals surface area (Å²) in [7, 11) is 0. The third kappa shape index (κ3) is 3.66. The molecule has 1 aromatic rings. The first-order valence-electron chi connectivity index (χ1n) is 7.01. The molecule has 0 aliphatic rings. The average Bonchev–Trinajstić information content (AvgIpc) is 2.41. The molecule has 0 aromatic heterocycles. The van der Waals surface area contributed by atoms with E-state index in [-0.39, 0.29) is 5.78 Å². The molecule has 20 heavy (non-hydrogen) atoms. The molecule has 1 rings (SSSR count). The summed E-state index contributed by atoms with van der Waals surface area (Å²) in [6.07, 6.45) is 0.749. The van der Waals surface area contributed by atoms with Crippen molar-refractivity contribution in [2.45, 2.75) is 41.0 Å². The Kier molecular flexibility index (Phi) is 5.88. The van der Waals surface area contributed by atoms with Crippen molar-refractivity contribution < 1.29 is 14.3 Å². The predicted molar refractivity (Wildman–Crippen MR) is 82.2 cm³/mol. The van der Waals surface area contributed by atoms with E-state index in [1.165, 1.54) is 0 Å². The molecule has 0 N–H and O–H groups in total. The average molecular weight is 299 g/mol. The highest BCUT2D eigenvalue weighted by Crippen LogP contribution is 2.37. The van der Waals surface area contributed by atoms with Crippen molar-refractivity contribution in [1.29, 1.82) is 0 Å². The summed E-state index contributed by atoms with van der Waals surface area (Å²) in [4.78, 5) is 12.6. The molecule has 1 aromatic carbocycles. The third-order valence-electron chi connectivity index (χ3n) is 3.38. The van der Waals surface area contributed by atoms with E-state index in [2.05, 4.69) is 0 Å². The summed E-state index contributed by atoms with van der Waals surface area (Å²) in [5.41, 5.74) is 0.0469. The van der Waals surface area contributed by atoms with Crippen molar-refractivity contribution in [2.75, 3.05) is 13.2 Å². The molecule has 0 saturated heterocycles. The van der Waals surface area contributed by atoms with E-state index in [1.54, 1.807) is 12.1 Å². The second kappa shape index (κ2) is 6.98. The van der Waals surface area contributed by atoms with Crippen molar-refractivity contribution in [3.8, 4) is 11.5 Å². The molecule has 0 atom stereocenters. The first-order chi connectivity index (χ1) is 9.37. The summed E-state index contributed by atoms with van der Waals surface area (Å²) in [6, 6.07) is 3.35. The topological polar surface area (TPSA) is 35.5 Å². The highest BCUT2D eigenvalue weighted by molar-refractivity contribution is 6.34. The van der Waals surface area contributed by atoms with Crippen LogP contribution in [0.1, 0.15) is 51.4 Å². The van der Waals surface area contributed by atoms with Gasteiger partial charge in [0, 0.05) is 17.0 Å². The molecular weight excluding hydrogens is 276 g/mol. The van der Waals surface area contributed by atoms with Gasteiger partial charge in [0.05, 0.1) is 18.2 Å². The number of hydrogen-bond donors (Lipinski definition) is 0. The van der Waals surface area contributed by atoms with Crippen LogP contribution in [0, 0.1) is 5.41 Å². The first-order valence-corrected chi connectivity index (χ1v) is 7.39. The highest BCUT2D eigenvalue weighted by atomic mass is 35.5. The van der Waals surface area contributed by atoms with Crippen LogP contribution in [0.4, 0.5) is 0 Å². The van der Waals surface area contributed by atoms with Crippen molar-refractivity contribution in [1.82, 2.24) is 0 Å². The van der Waals surface area contributed by atoms with E-state index in [9.17, 15) is 4.79 Å². The molecule has 0 heterocycles. The predicted octanol–water partition coefficient (Wildman–Crippen LogP) is 4.76. The largest absolute Gasteiger partial charge is 0.490 e. The quantitative estimate of drug-likeness (QED) is 0.681. The Balaban J connectivity index is 3.28. The fourth-order valence-corrected chi connectivity index (χ4v) is 2.01. The Morgan fingerprint density at radius 3 is 2.05 bits per heavy atom. The number of hydrogen-bond acceptors (Lipinski definition) is 3. The van der Waals surface area contributed by atoms with Crippen LogP contribution in [-0.4, -0.2) is 19.0 Å². The first kappa shape index (κ1) is 16.8. The van der Waals surface area contributed by atoms with Gasteiger partial charge in [0.25, 0.3) is 0 Å². The third-order valence-corrected chi connectivity index (χ3v) is 3.69. The van der Waals surface area contributed by atoms with Gasteiger partial charge in [0.1, 0.15) is 0 Å². The van der Waals surface area contributed by atoms with Gasteiger partial charge in [-0.05, 0) is 26.3 Å². The van der Waals surface area contributed by atoms with Gasteiger partial charge in [-0.3, -0.25) is 4.79 Å². The fraction of sp³-hybridized carbons (Fsp3) is 0.562. The molecular formula is C16H23ClO3. The van der Waals surface area contributed by atoms with E-state index in [0.717, 1.165) is 6.42 Å². The van der Waals surface area contributed by atoms with Crippen LogP contribution in [0.5, 0.6) is 11.5 Å². The molecule has 0 radical (unpaired) electrons. The highest BCUT2D eigenvalue weighted by Gasteiger charge is 2.29. The number of Topliss-reactive ketones (excluding diaryl/α,β-unsaturated/α-hetero) is 1. The summed E-state index contributed by atoms with van der Waals surface area (Å²) in [6.45, 7) is 10.6. The van der Waals surface area contributed by atoms with Crippen molar-refractivity contribution >= 4 is 17.4 Å². The van der Waals surface area contributed by atoms with Crippen LogP contribution < -0.4 is 9.47 Å². The Bertz CT molecular complexity index is 481. The second-order valence-electron chi connectivity index (χ2n) is 5.21. The molecule has 3 nitrogen and oxygen atoms in total. The lowest BCUT2D eigenvalue weighted by molar-refractivity contribution is 0.0832. The van der Waals surface area contributed by atoms with Crippen molar-refractivity contribution in [2.24, 2.45) is 5.41 Å². The number of ether oxygens (including phenoxy) is 2. The van der Waals surface area contributed by atoms with E-state index in [0.29, 0.717) is 35.3 Å². The standard InChI is InChI=1S/C16H23ClO3/c1-6-16(4,5)15(18)11-9-13(19-7-2)14(20-8-3)10-12(11)17/h9-10H,6-8H2,1-5H3. The zero-order valence-corrected chi connectivity index (χ0v) is 13.6. The van der Waals surface area contributed by atoms with E-state index in [4.69, 9.17) is 21.1 Å². The van der Waals surface area contributed by atoms with Crippen molar-refractivity contribution in [3.05, 3.63) is 22.7 Å². The maximum Gasteiger partial charge on any atom is 0.170 e. The molecule has 0 saturated carbocycles. The van der Waals surface area contributed by atoms with Crippen molar-refractivity contribution in [3.63, 3.8) is 0 Å². The monoisotopic (exact) mass is 298 g/mol. The van der Waals surface area contributed by atoms with Gasteiger partial charge >= 0.3 is 0 Å². The summed E-state index contributed by atoms with van der Waals surface area (Å²) < 4.78 is 11.0. The summed E-state index contributed by atoms with van der Waals surface area (Å²) in [5, 5.41) is 0.406. The SMILES string of the molecule is CCOc1cc(Cl)c(C(=O)C(C)(C)CC)cc1OCC. The Morgan fingerprint density at radius 1 is 1.10 bits per heavy atom. The second-order valence-corrected chi connectivity index (χ2v) is 5.62. The number of halogens is 1. The zero-order valence-electron chi connectivity index (χ0n) is 12.9. The van der Waals surface area contributed by atoms with Crippen LogP contribution in [0.15, 0.2) is 12.1 Å². The molecule has 4 heteroatoms. The van der Waals surface area contributed by atoms with Gasteiger partial charge in [-0.15, -0.1) is 0 Å². The van der Waals surface area contributed by atoms with E-state index >= 15 is 0 Å². The van der Waals surface area contributed by atoms with Gasteiger partial charge in [-0.25, -0.2) is 0 Å². The number of carbonyl (C=O) groups excluding carboxylic acids is 1. The van der Waals surface area contributed by atoms with Gasteiger partial charge in [-0.2, -0.15) is 0 Å². The molecule has 0 aliphatic carbocycles. The van der Waals surface area contributed by atoms with Crippen LogP contribution >= 0.6 is 11.6 Å². The molecule has 0 aliphatic heterocycles. The normalized spacial score (nSPS) is 11.3. The molecule has 112 valence electrons. The molecule has 0 bridgehead atoms. The Morgan fingerprint density at radius 2 is 1.60 bits per heavy atom. The Hall–Kier alpha value is -1.22. The lowest BCUT2D eigenvalue weighted by Crippen LogP contribution is -2.23. The fourth-order valence-electron chi connectivity index (χ4n) is 1.77. The number of benzene rings is 1. The molecule has 0 amide bonds. The van der Waals surface area contributed by atoms with Crippen LogP contribution in [-0.2, 0) is 0 Å². The smallest absolute Gasteiger partial charge is 0.170 e. The molecule has 0 fully saturated rings. The minimum Gasteiger partial charge on any atom is -0.490 e. The Labute approximate surface area is 126 Å². The van der Waals surface area contributed by atoms with Gasteiger partial charge in [0.15, 0.2) is 17.3 Å². The molecule has 0 unspecified atom stereocenters. The lowest BCUT2D eigenvalue weighted by Gasteiger charge is -2.22. The maximum absolute atomic E-state index is 12.6. The van der Waals surface area contributed by atoms with Gasteiger partial charge < -0.3 is 9.47 Å². The summed E-state index contributed by atoms with van der Waals surface area (Å²) in [5.74, 6) is 1.16. The van der Waals surface area contributed by atoms with Crippen LogP contribution in [0.2, 0.25) is 5.02 Å². The maximum atomic E-state index is 12.6. The minimum atomic E-state index is -0.444.